The van der Waals surface area contributed by atoms with E-state index >= 15 is 0 Å². The minimum atomic E-state index is -3.06. The van der Waals surface area contributed by atoms with E-state index in [1.165, 1.54) is 0 Å². The van der Waals surface area contributed by atoms with E-state index in [9.17, 15) is 0 Å². The third-order valence-electron chi connectivity index (χ3n) is 3.32. The van der Waals surface area contributed by atoms with E-state index in [0.717, 1.165) is 0 Å². The van der Waals surface area contributed by atoms with Crippen LogP contribution in [0.15, 0.2) is 0 Å². The molecular formula is C16H36O6Si. The highest BCUT2D eigenvalue weighted by Gasteiger charge is 2.44. The van der Waals surface area contributed by atoms with Crippen LogP contribution in [0.1, 0.15) is 41.5 Å². The first-order valence-corrected chi connectivity index (χ1v) is 10.4. The summed E-state index contributed by atoms with van der Waals surface area (Å²) in [4.78, 5) is 0. The van der Waals surface area contributed by atoms with Crippen molar-refractivity contribution in [3.8, 4) is 0 Å². The zero-order valence-corrected chi connectivity index (χ0v) is 17.4. The number of hydrogen-bond acceptors (Lipinski definition) is 6. The standard InChI is InChI=1S/C16H36O6Si/c1-11(2)14(17-7)20-23(10,21-15(18-8)12(3)4)22-16(19-9)13(5)6/h11-16H,1-10H3. The van der Waals surface area contributed by atoms with Gasteiger partial charge < -0.3 is 27.5 Å². The molecular weight excluding hydrogens is 316 g/mol. The maximum absolute atomic E-state index is 6.13. The van der Waals surface area contributed by atoms with E-state index in [2.05, 4.69) is 0 Å². The fraction of sp³-hybridized carbons (Fsp3) is 1.00. The molecule has 0 radical (unpaired) electrons. The summed E-state index contributed by atoms with van der Waals surface area (Å²) >= 11 is 0. The molecule has 140 valence electrons. The fourth-order valence-corrected chi connectivity index (χ4v) is 4.62. The van der Waals surface area contributed by atoms with Gasteiger partial charge in [-0.2, -0.15) is 0 Å². The molecule has 0 aromatic heterocycles. The summed E-state index contributed by atoms with van der Waals surface area (Å²) in [6, 6.07) is 0. The van der Waals surface area contributed by atoms with Crippen LogP contribution in [0.25, 0.3) is 0 Å². The van der Waals surface area contributed by atoms with Gasteiger partial charge in [0.1, 0.15) is 0 Å². The van der Waals surface area contributed by atoms with Crippen LogP contribution < -0.4 is 0 Å². The second-order valence-electron chi connectivity index (χ2n) is 6.76. The van der Waals surface area contributed by atoms with Crippen molar-refractivity contribution in [1.29, 1.82) is 0 Å². The first kappa shape index (κ1) is 23.0. The molecule has 0 fully saturated rings. The Morgan fingerprint density at radius 3 is 0.870 bits per heavy atom. The van der Waals surface area contributed by atoms with Crippen LogP contribution in [0.4, 0.5) is 0 Å². The molecule has 0 aliphatic carbocycles. The molecule has 0 saturated heterocycles. The van der Waals surface area contributed by atoms with Crippen molar-refractivity contribution in [2.24, 2.45) is 17.8 Å². The predicted molar refractivity (Wildman–Crippen MR) is 91.8 cm³/mol. The van der Waals surface area contributed by atoms with E-state index in [1.807, 2.05) is 48.1 Å². The molecule has 0 amide bonds. The minimum Gasteiger partial charge on any atom is -0.356 e. The van der Waals surface area contributed by atoms with Crippen LogP contribution >= 0.6 is 0 Å². The van der Waals surface area contributed by atoms with Crippen molar-refractivity contribution in [3.05, 3.63) is 0 Å². The third kappa shape index (κ3) is 8.06. The van der Waals surface area contributed by atoms with Crippen LogP contribution in [-0.2, 0) is 27.5 Å². The summed E-state index contributed by atoms with van der Waals surface area (Å²) < 4.78 is 34.7. The summed E-state index contributed by atoms with van der Waals surface area (Å²) in [5.41, 5.74) is 0. The molecule has 0 bridgehead atoms. The first-order valence-electron chi connectivity index (χ1n) is 8.22. The average molecular weight is 353 g/mol. The number of rotatable bonds is 12. The lowest BCUT2D eigenvalue weighted by Crippen LogP contribution is -2.53. The number of methoxy groups -OCH3 is 3. The molecule has 0 aliphatic rings. The SMILES string of the molecule is COC(O[Si](C)(OC(OC)C(C)C)OC(OC)C(C)C)C(C)C. The summed E-state index contributed by atoms with van der Waals surface area (Å²) in [7, 11) is 1.79. The molecule has 0 N–H and O–H groups in total. The Hall–Kier alpha value is -0.0231. The van der Waals surface area contributed by atoms with Crippen molar-refractivity contribution in [2.45, 2.75) is 67.0 Å². The van der Waals surface area contributed by atoms with Crippen molar-refractivity contribution >= 4 is 8.80 Å². The van der Waals surface area contributed by atoms with E-state index in [1.54, 1.807) is 21.3 Å². The van der Waals surface area contributed by atoms with Gasteiger partial charge in [0.2, 0.25) is 0 Å². The van der Waals surface area contributed by atoms with Gasteiger partial charge >= 0.3 is 8.80 Å². The van der Waals surface area contributed by atoms with Crippen LogP contribution in [0.5, 0.6) is 0 Å². The molecule has 3 atom stereocenters. The van der Waals surface area contributed by atoms with Crippen LogP contribution in [-0.4, -0.2) is 49.0 Å². The summed E-state index contributed by atoms with van der Waals surface area (Å²) in [5, 5.41) is 0. The van der Waals surface area contributed by atoms with Crippen LogP contribution in [0.2, 0.25) is 6.55 Å². The highest BCUT2D eigenvalue weighted by Crippen LogP contribution is 2.25. The van der Waals surface area contributed by atoms with Crippen molar-refractivity contribution < 1.29 is 27.5 Å². The van der Waals surface area contributed by atoms with E-state index < -0.39 is 27.7 Å². The second-order valence-corrected chi connectivity index (χ2v) is 9.19. The largest absolute Gasteiger partial charge is 0.503 e. The van der Waals surface area contributed by atoms with E-state index in [0.29, 0.717) is 0 Å². The van der Waals surface area contributed by atoms with Gasteiger partial charge in [-0.1, -0.05) is 41.5 Å². The van der Waals surface area contributed by atoms with Crippen molar-refractivity contribution in [1.82, 2.24) is 0 Å². The maximum atomic E-state index is 6.13. The van der Waals surface area contributed by atoms with Crippen LogP contribution in [0, 0.1) is 17.8 Å². The van der Waals surface area contributed by atoms with E-state index in [-0.39, 0.29) is 17.8 Å². The number of hydrogen-bond donors (Lipinski definition) is 0. The van der Waals surface area contributed by atoms with E-state index in [4.69, 9.17) is 27.5 Å². The van der Waals surface area contributed by atoms with Gasteiger partial charge in [-0.25, -0.2) is 0 Å². The maximum Gasteiger partial charge on any atom is 0.503 e. The lowest BCUT2D eigenvalue weighted by molar-refractivity contribution is -0.196. The molecule has 0 heterocycles. The second kappa shape index (κ2) is 10.8. The normalized spacial score (nSPS) is 19.2. The Kier molecular flexibility index (Phi) is 10.8. The average Bonchev–Trinajstić information content (AvgIpc) is 2.47. The molecule has 3 unspecified atom stereocenters. The molecule has 0 aliphatic heterocycles. The van der Waals surface area contributed by atoms with Gasteiger partial charge in [0, 0.05) is 45.6 Å². The molecule has 0 saturated carbocycles. The summed E-state index contributed by atoms with van der Waals surface area (Å²) in [6.07, 6.45) is -1.25. The Balaban J connectivity index is 5.31. The molecule has 0 rings (SSSR count). The molecule has 0 aromatic rings. The third-order valence-corrected chi connectivity index (χ3v) is 5.30. The van der Waals surface area contributed by atoms with Gasteiger partial charge in [-0.3, -0.25) is 0 Å². The zero-order valence-electron chi connectivity index (χ0n) is 16.4. The molecule has 23 heavy (non-hydrogen) atoms. The Labute approximate surface area is 143 Å². The molecule has 0 aromatic carbocycles. The topological polar surface area (TPSA) is 55.4 Å². The monoisotopic (exact) mass is 352 g/mol. The molecule has 0 spiro atoms. The molecule has 7 heteroatoms. The zero-order chi connectivity index (χ0) is 18.2. The Bertz CT molecular complexity index is 265. The predicted octanol–water partition coefficient (Wildman–Crippen LogP) is 3.49. The Morgan fingerprint density at radius 2 is 0.739 bits per heavy atom. The summed E-state index contributed by atoms with van der Waals surface area (Å²) in [6.45, 7) is 14.0. The highest BCUT2D eigenvalue weighted by atomic mass is 28.4. The Morgan fingerprint density at radius 1 is 0.522 bits per heavy atom. The van der Waals surface area contributed by atoms with Crippen molar-refractivity contribution in [3.63, 3.8) is 0 Å². The quantitative estimate of drug-likeness (QED) is 0.396. The lowest BCUT2D eigenvalue weighted by atomic mass is 10.2. The van der Waals surface area contributed by atoms with Gasteiger partial charge in [-0.05, 0) is 0 Å². The van der Waals surface area contributed by atoms with Gasteiger partial charge in [0.25, 0.3) is 0 Å². The highest BCUT2D eigenvalue weighted by molar-refractivity contribution is 6.59. The fourth-order valence-electron chi connectivity index (χ4n) is 2.09. The molecule has 6 nitrogen and oxygen atoms in total. The van der Waals surface area contributed by atoms with Gasteiger partial charge in [-0.15, -0.1) is 0 Å². The summed E-state index contributed by atoms with van der Waals surface area (Å²) in [5.74, 6) is 0.498. The lowest BCUT2D eigenvalue weighted by Gasteiger charge is -2.37. The van der Waals surface area contributed by atoms with Crippen molar-refractivity contribution in [2.75, 3.05) is 21.3 Å². The van der Waals surface area contributed by atoms with Gasteiger partial charge in [0.05, 0.1) is 0 Å². The minimum absolute atomic E-state index is 0.166. The smallest absolute Gasteiger partial charge is 0.356 e. The first-order chi connectivity index (χ1) is 10.6. The number of ether oxygens (including phenoxy) is 3. The van der Waals surface area contributed by atoms with Gasteiger partial charge in [0.15, 0.2) is 18.9 Å². The van der Waals surface area contributed by atoms with Crippen LogP contribution in [0.3, 0.4) is 0 Å².